The summed E-state index contributed by atoms with van der Waals surface area (Å²) in [6.07, 6.45) is 2.64. The van der Waals surface area contributed by atoms with Gasteiger partial charge in [0.2, 0.25) is 0 Å². The predicted octanol–water partition coefficient (Wildman–Crippen LogP) is 1.82. The van der Waals surface area contributed by atoms with Crippen LogP contribution in [-0.4, -0.2) is 27.8 Å². The number of anilines is 2. The smallest absolute Gasteiger partial charge is 0.276 e. The largest absolute Gasteiger partial charge is 0.372 e. The molecular formula is C12H10FN5O3. The van der Waals surface area contributed by atoms with Crippen LogP contribution in [0.1, 0.15) is 10.5 Å². The van der Waals surface area contributed by atoms with Gasteiger partial charge in [0.25, 0.3) is 11.6 Å². The molecule has 0 bridgehead atoms. The fourth-order valence-corrected chi connectivity index (χ4v) is 1.50. The van der Waals surface area contributed by atoms with Gasteiger partial charge in [0.15, 0.2) is 5.82 Å². The molecule has 0 aliphatic rings. The van der Waals surface area contributed by atoms with E-state index in [4.69, 9.17) is 0 Å². The maximum Gasteiger partial charge on any atom is 0.276 e. The zero-order valence-electron chi connectivity index (χ0n) is 10.8. The number of rotatable bonds is 4. The quantitative estimate of drug-likeness (QED) is 0.656. The third-order valence-corrected chi connectivity index (χ3v) is 2.54. The third-order valence-electron chi connectivity index (χ3n) is 2.54. The Balaban J connectivity index is 2.21. The van der Waals surface area contributed by atoms with E-state index in [0.29, 0.717) is 5.82 Å². The average molecular weight is 291 g/mol. The molecule has 1 aromatic carbocycles. The van der Waals surface area contributed by atoms with Gasteiger partial charge in [0.05, 0.1) is 29.1 Å². The van der Waals surface area contributed by atoms with Crippen LogP contribution in [0.2, 0.25) is 0 Å². The van der Waals surface area contributed by atoms with Gasteiger partial charge in [-0.25, -0.2) is 9.37 Å². The zero-order valence-corrected chi connectivity index (χ0v) is 10.8. The Morgan fingerprint density at radius 2 is 2.14 bits per heavy atom. The molecule has 9 heteroatoms. The lowest BCUT2D eigenvalue weighted by molar-refractivity contribution is -0.385. The van der Waals surface area contributed by atoms with E-state index in [1.165, 1.54) is 12.4 Å². The van der Waals surface area contributed by atoms with Crippen LogP contribution >= 0.6 is 0 Å². The number of carbonyl (C=O) groups is 1. The standard InChI is InChI=1S/C12H10FN5O3/c1-14-11-6-15-5-10(16-11)12(19)17-9-3-2-7(18(20)21)4-8(9)13/h2-6H,1H3,(H,14,16)(H,17,19). The van der Waals surface area contributed by atoms with Gasteiger partial charge in [-0.05, 0) is 6.07 Å². The summed E-state index contributed by atoms with van der Waals surface area (Å²) in [4.78, 5) is 29.4. The Labute approximate surface area is 118 Å². The van der Waals surface area contributed by atoms with Crippen LogP contribution in [-0.2, 0) is 0 Å². The molecule has 1 aromatic heterocycles. The number of nitro groups is 1. The van der Waals surface area contributed by atoms with E-state index in [0.717, 1.165) is 18.2 Å². The number of nitro benzene ring substituents is 1. The molecule has 0 spiro atoms. The van der Waals surface area contributed by atoms with Gasteiger partial charge in [0, 0.05) is 13.1 Å². The monoisotopic (exact) mass is 291 g/mol. The minimum Gasteiger partial charge on any atom is -0.372 e. The number of benzene rings is 1. The molecule has 108 valence electrons. The summed E-state index contributed by atoms with van der Waals surface area (Å²) < 4.78 is 13.7. The number of carbonyl (C=O) groups excluding carboxylic acids is 1. The van der Waals surface area contributed by atoms with E-state index >= 15 is 0 Å². The normalized spacial score (nSPS) is 10.0. The Hall–Kier alpha value is -3.10. The summed E-state index contributed by atoms with van der Waals surface area (Å²) in [5.74, 6) is -1.20. The van der Waals surface area contributed by atoms with Crippen molar-refractivity contribution in [3.8, 4) is 0 Å². The number of halogens is 1. The Kier molecular flexibility index (Phi) is 4.02. The summed E-state index contributed by atoms with van der Waals surface area (Å²) >= 11 is 0. The molecule has 0 aliphatic heterocycles. The number of amides is 1. The van der Waals surface area contributed by atoms with Gasteiger partial charge in [-0.3, -0.25) is 19.9 Å². The molecular weight excluding hydrogens is 281 g/mol. The van der Waals surface area contributed by atoms with Crippen LogP contribution in [0.4, 0.5) is 21.6 Å². The number of nitrogens with one attached hydrogen (secondary N) is 2. The van der Waals surface area contributed by atoms with Gasteiger partial charge in [-0.15, -0.1) is 0 Å². The minimum atomic E-state index is -0.907. The average Bonchev–Trinajstić information content (AvgIpc) is 2.49. The Morgan fingerprint density at radius 3 is 2.76 bits per heavy atom. The van der Waals surface area contributed by atoms with Gasteiger partial charge < -0.3 is 10.6 Å². The number of nitrogens with zero attached hydrogens (tertiary/aromatic N) is 3. The van der Waals surface area contributed by atoms with E-state index in [2.05, 4.69) is 20.6 Å². The maximum absolute atomic E-state index is 13.7. The molecule has 0 saturated carbocycles. The molecule has 0 unspecified atom stereocenters. The summed E-state index contributed by atoms with van der Waals surface area (Å²) in [5, 5.41) is 15.5. The topological polar surface area (TPSA) is 110 Å². The molecule has 2 aromatic rings. The first-order valence-electron chi connectivity index (χ1n) is 5.76. The fraction of sp³-hybridized carbons (Fsp3) is 0.0833. The molecule has 1 amide bonds. The summed E-state index contributed by atoms with van der Waals surface area (Å²) in [7, 11) is 1.61. The van der Waals surface area contributed by atoms with E-state index in [1.807, 2.05) is 0 Å². The first-order valence-corrected chi connectivity index (χ1v) is 5.76. The van der Waals surface area contributed by atoms with E-state index in [-0.39, 0.29) is 11.4 Å². The maximum atomic E-state index is 13.7. The van der Waals surface area contributed by atoms with Gasteiger partial charge >= 0.3 is 0 Å². The first kappa shape index (κ1) is 14.3. The van der Waals surface area contributed by atoms with Gasteiger partial charge in [-0.2, -0.15) is 0 Å². The van der Waals surface area contributed by atoms with Crippen LogP contribution in [0.3, 0.4) is 0 Å². The molecule has 0 radical (unpaired) electrons. The highest BCUT2D eigenvalue weighted by Gasteiger charge is 2.14. The van der Waals surface area contributed by atoms with Crippen molar-refractivity contribution in [1.82, 2.24) is 9.97 Å². The lowest BCUT2D eigenvalue weighted by Gasteiger charge is -2.06. The van der Waals surface area contributed by atoms with Crippen molar-refractivity contribution < 1.29 is 14.1 Å². The van der Waals surface area contributed by atoms with Crippen molar-refractivity contribution >= 4 is 23.1 Å². The lowest BCUT2D eigenvalue weighted by atomic mass is 10.2. The van der Waals surface area contributed by atoms with Crippen molar-refractivity contribution in [2.75, 3.05) is 17.7 Å². The SMILES string of the molecule is CNc1cncc(C(=O)Nc2ccc([N+](=O)[O-])cc2F)n1. The number of hydrogen-bond acceptors (Lipinski definition) is 6. The second-order valence-corrected chi connectivity index (χ2v) is 3.91. The third kappa shape index (κ3) is 3.26. The molecule has 0 saturated heterocycles. The highest BCUT2D eigenvalue weighted by atomic mass is 19.1. The van der Waals surface area contributed by atoms with Crippen molar-refractivity contribution in [3.63, 3.8) is 0 Å². The molecule has 1 heterocycles. The van der Waals surface area contributed by atoms with Crippen LogP contribution in [0.5, 0.6) is 0 Å². The number of hydrogen-bond donors (Lipinski definition) is 2. The van der Waals surface area contributed by atoms with E-state index in [9.17, 15) is 19.3 Å². The first-order chi connectivity index (χ1) is 10.0. The van der Waals surface area contributed by atoms with Crippen molar-refractivity contribution in [1.29, 1.82) is 0 Å². The second kappa shape index (κ2) is 5.90. The van der Waals surface area contributed by atoms with Gasteiger partial charge in [0.1, 0.15) is 11.5 Å². The van der Waals surface area contributed by atoms with Crippen molar-refractivity contribution in [2.24, 2.45) is 0 Å². The van der Waals surface area contributed by atoms with Crippen molar-refractivity contribution in [3.05, 3.63) is 52.2 Å². The molecule has 0 aliphatic carbocycles. The highest BCUT2D eigenvalue weighted by molar-refractivity contribution is 6.02. The fourth-order valence-electron chi connectivity index (χ4n) is 1.50. The second-order valence-electron chi connectivity index (χ2n) is 3.91. The van der Waals surface area contributed by atoms with Crippen LogP contribution in [0.25, 0.3) is 0 Å². The van der Waals surface area contributed by atoms with E-state index < -0.39 is 22.3 Å². The summed E-state index contributed by atoms with van der Waals surface area (Å²) in [6, 6.07) is 2.93. The molecule has 2 rings (SSSR count). The number of non-ortho nitro benzene ring substituents is 1. The summed E-state index contributed by atoms with van der Waals surface area (Å²) in [5.41, 5.74) is -0.593. The molecule has 8 nitrogen and oxygen atoms in total. The minimum absolute atomic E-state index is 0.0143. The number of aromatic nitrogens is 2. The van der Waals surface area contributed by atoms with Gasteiger partial charge in [-0.1, -0.05) is 0 Å². The van der Waals surface area contributed by atoms with Crippen LogP contribution in [0, 0.1) is 15.9 Å². The lowest BCUT2D eigenvalue weighted by Crippen LogP contribution is -2.15. The highest BCUT2D eigenvalue weighted by Crippen LogP contribution is 2.20. The van der Waals surface area contributed by atoms with Crippen LogP contribution in [0.15, 0.2) is 30.6 Å². The predicted molar refractivity (Wildman–Crippen MR) is 72.6 cm³/mol. The van der Waals surface area contributed by atoms with Crippen LogP contribution < -0.4 is 10.6 Å². The van der Waals surface area contributed by atoms with E-state index in [1.54, 1.807) is 7.05 Å². The van der Waals surface area contributed by atoms with Crippen molar-refractivity contribution in [2.45, 2.75) is 0 Å². The zero-order chi connectivity index (χ0) is 15.4. The summed E-state index contributed by atoms with van der Waals surface area (Å²) in [6.45, 7) is 0. The Morgan fingerprint density at radius 1 is 1.38 bits per heavy atom. The molecule has 0 atom stereocenters. The molecule has 2 N–H and O–H groups in total. The molecule has 0 fully saturated rings. The molecule has 21 heavy (non-hydrogen) atoms. The Bertz CT molecular complexity index is 707.